The number of carboxylic acid groups (broad SMARTS) is 1. The average molecular weight is 287 g/mol. The van der Waals surface area contributed by atoms with Crippen LogP contribution in [0, 0.1) is 11.2 Å². The highest BCUT2D eigenvalue weighted by Crippen LogP contribution is 2.44. The highest BCUT2D eigenvalue weighted by Gasteiger charge is 2.38. The Balaban J connectivity index is 2.22. The van der Waals surface area contributed by atoms with Gasteiger partial charge in [0, 0.05) is 6.54 Å². The third-order valence-electron chi connectivity index (χ3n) is 3.26. The molecule has 0 radical (unpaired) electrons. The molecule has 0 aromatic heterocycles. The molecule has 1 aromatic carbocycles. The van der Waals surface area contributed by atoms with Gasteiger partial charge in [0.25, 0.3) is 0 Å². The Morgan fingerprint density at radius 2 is 2.11 bits per heavy atom. The monoisotopic (exact) mass is 287 g/mol. The van der Waals surface area contributed by atoms with E-state index in [9.17, 15) is 17.6 Å². The molecule has 1 saturated carbocycles. The molecule has 0 atom stereocenters. The van der Waals surface area contributed by atoms with Gasteiger partial charge in [-0.25, -0.2) is 22.3 Å². The first-order valence-electron chi connectivity index (χ1n) is 5.76. The van der Waals surface area contributed by atoms with Crippen molar-refractivity contribution in [1.29, 1.82) is 0 Å². The molecule has 19 heavy (non-hydrogen) atoms. The summed E-state index contributed by atoms with van der Waals surface area (Å²) in [5, 5.41) is 8.69. The predicted molar refractivity (Wildman–Crippen MR) is 65.9 cm³/mol. The number of benzene rings is 1. The van der Waals surface area contributed by atoms with Crippen molar-refractivity contribution in [2.45, 2.75) is 24.7 Å². The SMILES string of the molecule is CC1(CNS(=O)(=O)c2ccc(C(=O)O)cc2F)CC1. The van der Waals surface area contributed by atoms with Gasteiger partial charge in [0.05, 0.1) is 5.56 Å². The van der Waals surface area contributed by atoms with E-state index in [1.807, 2.05) is 6.92 Å². The van der Waals surface area contributed by atoms with Gasteiger partial charge in [-0.1, -0.05) is 6.92 Å². The van der Waals surface area contributed by atoms with Crippen molar-refractivity contribution in [3.63, 3.8) is 0 Å². The van der Waals surface area contributed by atoms with Crippen molar-refractivity contribution in [3.05, 3.63) is 29.6 Å². The van der Waals surface area contributed by atoms with Gasteiger partial charge in [0.1, 0.15) is 10.7 Å². The van der Waals surface area contributed by atoms with Crippen molar-refractivity contribution in [2.24, 2.45) is 5.41 Å². The van der Waals surface area contributed by atoms with E-state index in [4.69, 9.17) is 5.11 Å². The van der Waals surface area contributed by atoms with Crippen LogP contribution < -0.4 is 4.72 Å². The minimum absolute atomic E-state index is 0.0372. The van der Waals surface area contributed by atoms with Gasteiger partial charge in [-0.3, -0.25) is 0 Å². The van der Waals surface area contributed by atoms with Crippen LogP contribution >= 0.6 is 0 Å². The zero-order chi connectivity index (χ0) is 14.3. The van der Waals surface area contributed by atoms with Crippen molar-refractivity contribution < 1.29 is 22.7 Å². The number of sulfonamides is 1. The fourth-order valence-electron chi connectivity index (χ4n) is 1.59. The molecular formula is C12H14FNO4S. The maximum absolute atomic E-state index is 13.7. The molecule has 2 N–H and O–H groups in total. The van der Waals surface area contributed by atoms with E-state index in [2.05, 4.69) is 4.72 Å². The van der Waals surface area contributed by atoms with Gasteiger partial charge in [-0.05, 0) is 36.5 Å². The Labute approximate surface area is 110 Å². The maximum Gasteiger partial charge on any atom is 0.335 e. The second-order valence-corrected chi connectivity index (χ2v) is 6.82. The summed E-state index contributed by atoms with van der Waals surface area (Å²) in [5.74, 6) is -2.37. The number of hydrogen-bond donors (Lipinski definition) is 2. The Hall–Kier alpha value is -1.47. The van der Waals surface area contributed by atoms with Crippen molar-refractivity contribution in [1.82, 2.24) is 4.72 Å². The molecule has 104 valence electrons. The van der Waals surface area contributed by atoms with E-state index < -0.39 is 26.7 Å². The normalized spacial score (nSPS) is 17.2. The molecule has 2 rings (SSSR count). The van der Waals surface area contributed by atoms with E-state index >= 15 is 0 Å². The number of halogens is 1. The van der Waals surface area contributed by atoms with E-state index in [1.165, 1.54) is 0 Å². The largest absolute Gasteiger partial charge is 0.478 e. The Morgan fingerprint density at radius 3 is 2.58 bits per heavy atom. The quantitative estimate of drug-likeness (QED) is 0.861. The summed E-state index contributed by atoms with van der Waals surface area (Å²) < 4.78 is 39.8. The predicted octanol–water partition coefficient (Wildman–Crippen LogP) is 1.60. The summed E-state index contributed by atoms with van der Waals surface area (Å²) in [7, 11) is -3.94. The molecule has 0 saturated heterocycles. The average Bonchev–Trinajstić information content (AvgIpc) is 3.05. The molecule has 0 aliphatic heterocycles. The molecule has 1 aliphatic rings. The van der Waals surface area contributed by atoms with Gasteiger partial charge in [-0.15, -0.1) is 0 Å². The molecule has 0 amide bonds. The van der Waals surface area contributed by atoms with E-state index in [0.717, 1.165) is 25.0 Å². The van der Waals surface area contributed by atoms with Crippen LogP contribution in [-0.4, -0.2) is 26.0 Å². The van der Waals surface area contributed by atoms with Crippen LogP contribution in [-0.2, 0) is 10.0 Å². The highest BCUT2D eigenvalue weighted by atomic mass is 32.2. The van der Waals surface area contributed by atoms with E-state index in [-0.39, 0.29) is 17.5 Å². The minimum atomic E-state index is -3.94. The molecule has 1 fully saturated rings. The fraction of sp³-hybridized carbons (Fsp3) is 0.417. The lowest BCUT2D eigenvalue weighted by molar-refractivity contribution is 0.0696. The summed E-state index contributed by atoms with van der Waals surface area (Å²) in [6.07, 6.45) is 1.88. The Morgan fingerprint density at radius 1 is 1.47 bits per heavy atom. The summed E-state index contributed by atoms with van der Waals surface area (Å²) in [5.41, 5.74) is -0.324. The molecule has 0 heterocycles. The second kappa shape index (κ2) is 4.57. The molecule has 7 heteroatoms. The summed E-state index contributed by atoms with van der Waals surface area (Å²) in [6, 6.07) is 2.74. The van der Waals surface area contributed by atoms with Crippen LogP contribution in [0.5, 0.6) is 0 Å². The number of carboxylic acids is 1. The van der Waals surface area contributed by atoms with Gasteiger partial charge in [0.2, 0.25) is 10.0 Å². The molecule has 5 nitrogen and oxygen atoms in total. The molecule has 0 bridgehead atoms. The Kier molecular flexibility index (Phi) is 3.36. The van der Waals surface area contributed by atoms with Crippen LogP contribution in [0.2, 0.25) is 0 Å². The van der Waals surface area contributed by atoms with Crippen LogP contribution in [0.1, 0.15) is 30.1 Å². The van der Waals surface area contributed by atoms with Gasteiger partial charge < -0.3 is 5.11 Å². The third-order valence-corrected chi connectivity index (χ3v) is 4.70. The zero-order valence-electron chi connectivity index (χ0n) is 10.3. The molecule has 0 spiro atoms. The lowest BCUT2D eigenvalue weighted by Crippen LogP contribution is -2.29. The van der Waals surface area contributed by atoms with Crippen LogP contribution in [0.15, 0.2) is 23.1 Å². The lowest BCUT2D eigenvalue weighted by atomic mass is 10.2. The van der Waals surface area contributed by atoms with Crippen LogP contribution in [0.25, 0.3) is 0 Å². The van der Waals surface area contributed by atoms with Gasteiger partial charge >= 0.3 is 5.97 Å². The van der Waals surface area contributed by atoms with E-state index in [0.29, 0.717) is 6.07 Å². The second-order valence-electron chi connectivity index (χ2n) is 5.09. The first-order valence-corrected chi connectivity index (χ1v) is 7.24. The first kappa shape index (κ1) is 14.0. The molecule has 0 unspecified atom stereocenters. The third kappa shape index (κ3) is 3.10. The fourth-order valence-corrected chi connectivity index (χ4v) is 2.85. The number of aromatic carboxylic acids is 1. The van der Waals surface area contributed by atoms with Crippen LogP contribution in [0.4, 0.5) is 4.39 Å². The molecule has 1 aromatic rings. The smallest absolute Gasteiger partial charge is 0.335 e. The zero-order valence-corrected chi connectivity index (χ0v) is 11.1. The van der Waals surface area contributed by atoms with Gasteiger partial charge in [-0.2, -0.15) is 0 Å². The lowest BCUT2D eigenvalue weighted by Gasteiger charge is -2.11. The summed E-state index contributed by atoms with van der Waals surface area (Å²) >= 11 is 0. The van der Waals surface area contributed by atoms with E-state index in [1.54, 1.807) is 0 Å². The van der Waals surface area contributed by atoms with Crippen molar-refractivity contribution in [3.8, 4) is 0 Å². The van der Waals surface area contributed by atoms with Gasteiger partial charge in [0.15, 0.2) is 0 Å². The summed E-state index contributed by atoms with van der Waals surface area (Å²) in [6.45, 7) is 2.20. The number of nitrogens with one attached hydrogen (secondary N) is 1. The Bertz CT molecular complexity index is 623. The topological polar surface area (TPSA) is 83.5 Å². The molecule has 1 aliphatic carbocycles. The maximum atomic E-state index is 13.7. The molecular weight excluding hydrogens is 273 g/mol. The number of hydrogen-bond acceptors (Lipinski definition) is 3. The van der Waals surface area contributed by atoms with Crippen molar-refractivity contribution in [2.75, 3.05) is 6.54 Å². The standard InChI is InChI=1S/C12H14FNO4S/c1-12(4-5-12)7-14-19(17,18)10-3-2-8(11(15)16)6-9(10)13/h2-3,6,14H,4-5,7H2,1H3,(H,15,16). The number of carbonyl (C=O) groups is 1. The van der Waals surface area contributed by atoms with Crippen molar-refractivity contribution >= 4 is 16.0 Å². The minimum Gasteiger partial charge on any atom is -0.478 e. The van der Waals surface area contributed by atoms with Crippen LogP contribution in [0.3, 0.4) is 0 Å². The first-order chi connectivity index (χ1) is 8.73. The summed E-state index contributed by atoms with van der Waals surface area (Å²) in [4.78, 5) is 10.1. The highest BCUT2D eigenvalue weighted by molar-refractivity contribution is 7.89. The number of rotatable bonds is 5.